The number of carbonyl (C=O) groups excluding carboxylic acids is 1. The van der Waals surface area contributed by atoms with Crippen LogP contribution in [0.4, 0.5) is 0 Å². The Morgan fingerprint density at radius 2 is 2.10 bits per heavy atom. The van der Waals surface area contributed by atoms with E-state index >= 15 is 0 Å². The molecular weight excluding hydrogens is 282 g/mol. The Kier molecular flexibility index (Phi) is 3.99. The molecule has 20 heavy (non-hydrogen) atoms. The fourth-order valence-corrected chi connectivity index (χ4v) is 2.11. The van der Waals surface area contributed by atoms with Crippen molar-refractivity contribution in [1.82, 2.24) is 4.90 Å². The molecule has 0 atom stereocenters. The smallest absolute Gasteiger partial charge is 0.305 e. The first-order chi connectivity index (χ1) is 9.40. The molecule has 5 nitrogen and oxygen atoms in total. The molecule has 0 saturated heterocycles. The first kappa shape index (κ1) is 14.4. The van der Waals surface area contributed by atoms with E-state index in [0.717, 1.165) is 5.39 Å². The number of benzene rings is 1. The third-order valence-electron chi connectivity index (χ3n) is 3.10. The number of carbonyl (C=O) groups is 2. The predicted octanol–water partition coefficient (Wildman–Crippen LogP) is 2.94. The second-order valence-electron chi connectivity index (χ2n) is 4.57. The first-order valence-corrected chi connectivity index (χ1v) is 6.44. The number of hydrogen-bond acceptors (Lipinski definition) is 3. The summed E-state index contributed by atoms with van der Waals surface area (Å²) >= 11 is 5.92. The maximum Gasteiger partial charge on any atom is 0.305 e. The van der Waals surface area contributed by atoms with Crippen LogP contribution in [0.1, 0.15) is 22.5 Å². The van der Waals surface area contributed by atoms with E-state index in [1.54, 1.807) is 32.2 Å². The molecule has 2 rings (SSSR count). The van der Waals surface area contributed by atoms with E-state index < -0.39 is 5.97 Å². The quantitative estimate of drug-likeness (QED) is 0.941. The summed E-state index contributed by atoms with van der Waals surface area (Å²) in [6.07, 6.45) is -0.104. The van der Waals surface area contributed by atoms with Crippen molar-refractivity contribution in [3.8, 4) is 0 Å². The van der Waals surface area contributed by atoms with E-state index in [1.807, 2.05) is 0 Å². The SMILES string of the molecule is Cc1c(C(=O)N(C)CCC(=O)O)oc2ccc(Cl)cc12. The standard InChI is InChI=1S/C14H14ClNO4/c1-8-10-7-9(15)3-4-11(10)20-13(8)14(19)16(2)6-5-12(17)18/h3-4,7H,5-6H2,1-2H3,(H,17,18). The number of hydrogen-bond donors (Lipinski definition) is 1. The number of rotatable bonds is 4. The number of carboxylic acid groups (broad SMARTS) is 1. The molecule has 1 aromatic heterocycles. The maximum absolute atomic E-state index is 12.2. The third kappa shape index (κ3) is 2.77. The van der Waals surface area contributed by atoms with Gasteiger partial charge in [-0.3, -0.25) is 9.59 Å². The van der Waals surface area contributed by atoms with Crippen LogP contribution >= 0.6 is 11.6 Å². The number of nitrogens with zero attached hydrogens (tertiary/aromatic N) is 1. The summed E-state index contributed by atoms with van der Waals surface area (Å²) in [7, 11) is 1.55. The summed E-state index contributed by atoms with van der Waals surface area (Å²) in [6, 6.07) is 5.14. The largest absolute Gasteiger partial charge is 0.481 e. The molecule has 1 N–H and O–H groups in total. The van der Waals surface area contributed by atoms with E-state index in [-0.39, 0.29) is 24.6 Å². The number of carboxylic acids is 1. The molecule has 6 heteroatoms. The van der Waals surface area contributed by atoms with Crippen molar-refractivity contribution in [2.24, 2.45) is 0 Å². The van der Waals surface area contributed by atoms with Crippen LogP contribution in [0.15, 0.2) is 22.6 Å². The molecule has 1 aromatic carbocycles. The molecule has 0 fully saturated rings. The molecule has 0 aliphatic rings. The minimum absolute atomic E-state index is 0.104. The van der Waals surface area contributed by atoms with Crippen molar-refractivity contribution in [3.63, 3.8) is 0 Å². The molecule has 0 aliphatic heterocycles. The van der Waals surface area contributed by atoms with E-state index in [2.05, 4.69) is 0 Å². The highest BCUT2D eigenvalue weighted by Gasteiger charge is 2.21. The summed E-state index contributed by atoms with van der Waals surface area (Å²) in [5, 5.41) is 9.99. The Morgan fingerprint density at radius 1 is 1.40 bits per heavy atom. The second kappa shape index (κ2) is 5.54. The Labute approximate surface area is 120 Å². The molecule has 2 aromatic rings. The van der Waals surface area contributed by atoms with Gasteiger partial charge in [0.25, 0.3) is 5.91 Å². The van der Waals surface area contributed by atoms with Gasteiger partial charge in [-0.25, -0.2) is 0 Å². The number of amides is 1. The second-order valence-corrected chi connectivity index (χ2v) is 5.00. The summed E-state index contributed by atoms with van der Waals surface area (Å²) in [5.41, 5.74) is 1.29. The zero-order valence-electron chi connectivity index (χ0n) is 11.1. The van der Waals surface area contributed by atoms with E-state index in [4.69, 9.17) is 21.1 Å². The number of furan rings is 1. The summed E-state index contributed by atoms with van der Waals surface area (Å²) in [4.78, 5) is 24.1. The molecule has 0 bridgehead atoms. The van der Waals surface area contributed by atoms with Crippen molar-refractivity contribution in [1.29, 1.82) is 0 Å². The molecular formula is C14H14ClNO4. The van der Waals surface area contributed by atoms with Crippen LogP contribution in [0.3, 0.4) is 0 Å². The van der Waals surface area contributed by atoms with Crippen LogP contribution in [0, 0.1) is 6.92 Å². The van der Waals surface area contributed by atoms with Crippen LogP contribution in [0.2, 0.25) is 5.02 Å². The molecule has 1 amide bonds. The van der Waals surface area contributed by atoms with Gasteiger partial charge in [0.15, 0.2) is 5.76 Å². The maximum atomic E-state index is 12.2. The van der Waals surface area contributed by atoms with Gasteiger partial charge in [0.1, 0.15) is 5.58 Å². The Balaban J connectivity index is 2.30. The van der Waals surface area contributed by atoms with Gasteiger partial charge in [-0.1, -0.05) is 11.6 Å². The summed E-state index contributed by atoms with van der Waals surface area (Å²) in [6.45, 7) is 1.91. The molecule has 0 radical (unpaired) electrons. The van der Waals surface area contributed by atoms with Gasteiger partial charge in [0, 0.05) is 29.6 Å². The summed E-state index contributed by atoms with van der Waals surface area (Å²) < 4.78 is 5.55. The fourth-order valence-electron chi connectivity index (χ4n) is 1.94. The zero-order chi connectivity index (χ0) is 14.9. The number of fused-ring (bicyclic) bond motifs is 1. The zero-order valence-corrected chi connectivity index (χ0v) is 11.9. The van der Waals surface area contributed by atoms with Crippen LogP contribution in [0.5, 0.6) is 0 Å². The lowest BCUT2D eigenvalue weighted by Crippen LogP contribution is -2.29. The topological polar surface area (TPSA) is 70.8 Å². The Hall–Kier alpha value is -2.01. The van der Waals surface area contributed by atoms with Gasteiger partial charge < -0.3 is 14.4 Å². The molecule has 106 valence electrons. The first-order valence-electron chi connectivity index (χ1n) is 6.06. The fraction of sp³-hybridized carbons (Fsp3) is 0.286. The normalized spacial score (nSPS) is 10.8. The average Bonchev–Trinajstić information content (AvgIpc) is 2.72. The Bertz CT molecular complexity index is 677. The van der Waals surface area contributed by atoms with Gasteiger partial charge >= 0.3 is 5.97 Å². The van der Waals surface area contributed by atoms with Crippen LogP contribution in [-0.4, -0.2) is 35.5 Å². The minimum atomic E-state index is -0.947. The van der Waals surface area contributed by atoms with Crippen molar-refractivity contribution in [3.05, 3.63) is 34.5 Å². The van der Waals surface area contributed by atoms with Gasteiger partial charge in [-0.2, -0.15) is 0 Å². The predicted molar refractivity (Wildman–Crippen MR) is 75.2 cm³/mol. The number of halogens is 1. The third-order valence-corrected chi connectivity index (χ3v) is 3.34. The lowest BCUT2D eigenvalue weighted by atomic mass is 10.1. The van der Waals surface area contributed by atoms with E-state index in [0.29, 0.717) is 16.2 Å². The summed E-state index contributed by atoms with van der Waals surface area (Å²) in [5.74, 6) is -1.07. The minimum Gasteiger partial charge on any atom is -0.481 e. The van der Waals surface area contributed by atoms with Gasteiger partial charge in [0.05, 0.1) is 6.42 Å². The van der Waals surface area contributed by atoms with Gasteiger partial charge in [-0.05, 0) is 25.1 Å². The van der Waals surface area contributed by atoms with E-state index in [1.165, 1.54) is 4.90 Å². The monoisotopic (exact) mass is 295 g/mol. The Morgan fingerprint density at radius 3 is 2.75 bits per heavy atom. The molecule has 0 aliphatic carbocycles. The highest BCUT2D eigenvalue weighted by Crippen LogP contribution is 2.28. The number of aliphatic carboxylic acids is 1. The van der Waals surface area contributed by atoms with Gasteiger partial charge in [0.2, 0.25) is 0 Å². The highest BCUT2D eigenvalue weighted by atomic mass is 35.5. The van der Waals surface area contributed by atoms with Crippen molar-refractivity contribution in [2.45, 2.75) is 13.3 Å². The highest BCUT2D eigenvalue weighted by molar-refractivity contribution is 6.31. The van der Waals surface area contributed by atoms with Crippen molar-refractivity contribution < 1.29 is 19.1 Å². The van der Waals surface area contributed by atoms with Crippen LogP contribution in [0.25, 0.3) is 11.0 Å². The lowest BCUT2D eigenvalue weighted by molar-refractivity contribution is -0.137. The molecule has 0 unspecified atom stereocenters. The molecule has 1 heterocycles. The average molecular weight is 296 g/mol. The van der Waals surface area contributed by atoms with Crippen LogP contribution < -0.4 is 0 Å². The lowest BCUT2D eigenvalue weighted by Gasteiger charge is -2.14. The number of aryl methyl sites for hydroxylation is 1. The van der Waals surface area contributed by atoms with Crippen molar-refractivity contribution in [2.75, 3.05) is 13.6 Å². The molecule has 0 spiro atoms. The van der Waals surface area contributed by atoms with Crippen molar-refractivity contribution >= 4 is 34.4 Å². The molecule has 0 saturated carbocycles. The van der Waals surface area contributed by atoms with Gasteiger partial charge in [-0.15, -0.1) is 0 Å². The van der Waals surface area contributed by atoms with Crippen LogP contribution in [-0.2, 0) is 4.79 Å². The van der Waals surface area contributed by atoms with E-state index in [9.17, 15) is 9.59 Å².